The molecular weight excluding hydrogens is 178 g/mol. The van der Waals surface area contributed by atoms with Crippen molar-refractivity contribution in [3.05, 3.63) is 29.3 Å². The minimum Gasteiger partial charge on any atom is -0.496 e. The highest BCUT2D eigenvalue weighted by molar-refractivity contribution is 5.42. The molecule has 0 spiro atoms. The van der Waals surface area contributed by atoms with E-state index in [1.807, 2.05) is 25.1 Å². The highest BCUT2D eigenvalue weighted by Crippen LogP contribution is 2.28. The normalized spacial score (nSPS) is 12.6. The molecule has 1 rings (SSSR count). The summed E-state index contributed by atoms with van der Waals surface area (Å²) in [6, 6.07) is 5.82. The van der Waals surface area contributed by atoms with Crippen LogP contribution in [0, 0.1) is 6.92 Å². The van der Waals surface area contributed by atoms with Crippen LogP contribution in [-0.4, -0.2) is 25.4 Å². The molecule has 78 valence electrons. The zero-order valence-corrected chi connectivity index (χ0v) is 8.66. The number of aliphatic hydroxyl groups excluding tert-OH is 1. The van der Waals surface area contributed by atoms with Gasteiger partial charge in [-0.25, -0.2) is 0 Å². The first-order valence-corrected chi connectivity index (χ1v) is 4.69. The maximum atomic E-state index is 9.19. The van der Waals surface area contributed by atoms with Gasteiger partial charge < -0.3 is 15.6 Å². The monoisotopic (exact) mass is 195 g/mol. The molecule has 0 heterocycles. The Labute approximate surface area is 84.5 Å². The van der Waals surface area contributed by atoms with E-state index in [9.17, 15) is 5.11 Å². The lowest BCUT2D eigenvalue weighted by Gasteiger charge is -2.18. The van der Waals surface area contributed by atoms with Crippen LogP contribution < -0.4 is 10.5 Å². The number of benzene rings is 1. The SMILES string of the molecule is COc1cccc(C)c1C(CN)CO. The van der Waals surface area contributed by atoms with E-state index in [2.05, 4.69) is 0 Å². The van der Waals surface area contributed by atoms with E-state index >= 15 is 0 Å². The molecule has 0 radical (unpaired) electrons. The van der Waals surface area contributed by atoms with Gasteiger partial charge in [0.25, 0.3) is 0 Å². The lowest BCUT2D eigenvalue weighted by molar-refractivity contribution is 0.264. The van der Waals surface area contributed by atoms with E-state index in [4.69, 9.17) is 10.5 Å². The van der Waals surface area contributed by atoms with Crippen molar-refractivity contribution < 1.29 is 9.84 Å². The summed E-state index contributed by atoms with van der Waals surface area (Å²) in [5.74, 6) is 0.764. The number of rotatable bonds is 4. The molecule has 0 fully saturated rings. The van der Waals surface area contributed by atoms with E-state index in [0.717, 1.165) is 16.9 Å². The minimum atomic E-state index is -0.0360. The highest BCUT2D eigenvalue weighted by Gasteiger charge is 2.15. The molecule has 1 atom stereocenters. The Morgan fingerprint density at radius 2 is 2.21 bits per heavy atom. The van der Waals surface area contributed by atoms with Crippen molar-refractivity contribution in [2.75, 3.05) is 20.3 Å². The van der Waals surface area contributed by atoms with Crippen molar-refractivity contribution in [2.45, 2.75) is 12.8 Å². The van der Waals surface area contributed by atoms with Gasteiger partial charge in [-0.05, 0) is 18.6 Å². The first-order valence-electron chi connectivity index (χ1n) is 4.69. The molecule has 0 aliphatic carbocycles. The molecule has 0 saturated carbocycles. The average Bonchev–Trinajstić information content (AvgIpc) is 2.22. The Bertz CT molecular complexity index is 295. The summed E-state index contributed by atoms with van der Waals surface area (Å²) in [5, 5.41) is 9.19. The number of nitrogens with two attached hydrogens (primary N) is 1. The van der Waals surface area contributed by atoms with Gasteiger partial charge in [0.05, 0.1) is 13.7 Å². The van der Waals surface area contributed by atoms with Crippen LogP contribution in [0.15, 0.2) is 18.2 Å². The largest absolute Gasteiger partial charge is 0.496 e. The van der Waals surface area contributed by atoms with Gasteiger partial charge in [-0.1, -0.05) is 12.1 Å². The fourth-order valence-corrected chi connectivity index (χ4v) is 1.64. The predicted molar refractivity (Wildman–Crippen MR) is 56.6 cm³/mol. The van der Waals surface area contributed by atoms with Crippen LogP contribution in [0.5, 0.6) is 5.75 Å². The number of hydrogen-bond acceptors (Lipinski definition) is 3. The summed E-state index contributed by atoms with van der Waals surface area (Å²) in [4.78, 5) is 0. The molecule has 0 aliphatic heterocycles. The molecule has 0 amide bonds. The topological polar surface area (TPSA) is 55.5 Å². The van der Waals surface area contributed by atoms with Crippen LogP contribution in [0.3, 0.4) is 0 Å². The molecule has 3 nitrogen and oxygen atoms in total. The van der Waals surface area contributed by atoms with Crippen molar-refractivity contribution in [1.82, 2.24) is 0 Å². The van der Waals surface area contributed by atoms with Gasteiger partial charge in [0, 0.05) is 18.0 Å². The quantitative estimate of drug-likeness (QED) is 0.754. The number of aliphatic hydroxyl groups is 1. The fraction of sp³-hybridized carbons (Fsp3) is 0.455. The zero-order valence-electron chi connectivity index (χ0n) is 8.66. The third-order valence-electron chi connectivity index (χ3n) is 2.42. The van der Waals surface area contributed by atoms with Crippen LogP contribution in [0.2, 0.25) is 0 Å². The Kier molecular flexibility index (Phi) is 3.92. The van der Waals surface area contributed by atoms with Gasteiger partial charge in [-0.2, -0.15) is 0 Å². The lowest BCUT2D eigenvalue weighted by Crippen LogP contribution is -2.17. The van der Waals surface area contributed by atoms with Gasteiger partial charge in [0.2, 0.25) is 0 Å². The van der Waals surface area contributed by atoms with Crippen molar-refractivity contribution in [3.8, 4) is 5.75 Å². The second-order valence-electron chi connectivity index (χ2n) is 3.31. The van der Waals surface area contributed by atoms with Gasteiger partial charge in [-0.15, -0.1) is 0 Å². The molecule has 0 bridgehead atoms. The van der Waals surface area contributed by atoms with E-state index in [1.54, 1.807) is 7.11 Å². The van der Waals surface area contributed by atoms with Gasteiger partial charge in [0.15, 0.2) is 0 Å². The standard InChI is InChI=1S/C11H17NO2/c1-8-4-3-5-10(14-2)11(8)9(6-12)7-13/h3-5,9,13H,6-7,12H2,1-2H3. The van der Waals surface area contributed by atoms with E-state index in [0.29, 0.717) is 6.54 Å². The number of hydrogen-bond donors (Lipinski definition) is 2. The van der Waals surface area contributed by atoms with Crippen molar-refractivity contribution in [1.29, 1.82) is 0 Å². The van der Waals surface area contributed by atoms with Crippen LogP contribution in [-0.2, 0) is 0 Å². The zero-order chi connectivity index (χ0) is 10.6. The van der Waals surface area contributed by atoms with E-state index in [1.165, 1.54) is 0 Å². The Balaban J connectivity index is 3.14. The minimum absolute atomic E-state index is 0.0360. The first-order chi connectivity index (χ1) is 6.74. The van der Waals surface area contributed by atoms with Gasteiger partial charge in [-0.3, -0.25) is 0 Å². The summed E-state index contributed by atoms with van der Waals surface area (Å²) in [5.41, 5.74) is 7.71. The number of ether oxygens (including phenoxy) is 1. The second kappa shape index (κ2) is 4.98. The molecule has 3 N–H and O–H groups in total. The predicted octanol–water partition coefficient (Wildman–Crippen LogP) is 1.04. The summed E-state index contributed by atoms with van der Waals surface area (Å²) in [6.07, 6.45) is 0. The van der Waals surface area contributed by atoms with Crippen molar-refractivity contribution >= 4 is 0 Å². The Morgan fingerprint density at radius 3 is 2.71 bits per heavy atom. The summed E-state index contributed by atoms with van der Waals surface area (Å²) in [7, 11) is 1.63. The smallest absolute Gasteiger partial charge is 0.122 e. The van der Waals surface area contributed by atoms with Crippen LogP contribution >= 0.6 is 0 Å². The maximum absolute atomic E-state index is 9.19. The van der Waals surface area contributed by atoms with Crippen LogP contribution in [0.4, 0.5) is 0 Å². The third-order valence-corrected chi connectivity index (χ3v) is 2.42. The van der Waals surface area contributed by atoms with E-state index in [-0.39, 0.29) is 12.5 Å². The molecule has 0 aromatic heterocycles. The average molecular weight is 195 g/mol. The molecule has 0 saturated heterocycles. The van der Waals surface area contributed by atoms with Crippen LogP contribution in [0.25, 0.3) is 0 Å². The number of aryl methyl sites for hydroxylation is 1. The van der Waals surface area contributed by atoms with Crippen molar-refractivity contribution in [3.63, 3.8) is 0 Å². The van der Waals surface area contributed by atoms with Gasteiger partial charge >= 0.3 is 0 Å². The Hall–Kier alpha value is -1.06. The molecule has 0 aliphatic rings. The summed E-state index contributed by atoms with van der Waals surface area (Å²) >= 11 is 0. The first kappa shape index (κ1) is 11.0. The number of methoxy groups -OCH3 is 1. The lowest BCUT2D eigenvalue weighted by atomic mass is 9.94. The van der Waals surface area contributed by atoms with Crippen LogP contribution in [0.1, 0.15) is 17.0 Å². The molecule has 1 aromatic rings. The second-order valence-corrected chi connectivity index (χ2v) is 3.31. The van der Waals surface area contributed by atoms with Gasteiger partial charge in [0.1, 0.15) is 5.75 Å². The summed E-state index contributed by atoms with van der Waals surface area (Å²) < 4.78 is 5.24. The third kappa shape index (κ3) is 2.05. The molecule has 3 heteroatoms. The van der Waals surface area contributed by atoms with E-state index < -0.39 is 0 Å². The molecule has 1 aromatic carbocycles. The molecule has 14 heavy (non-hydrogen) atoms. The summed E-state index contributed by atoms with van der Waals surface area (Å²) in [6.45, 7) is 2.48. The fourth-order valence-electron chi connectivity index (χ4n) is 1.64. The highest BCUT2D eigenvalue weighted by atomic mass is 16.5. The van der Waals surface area contributed by atoms with Crippen molar-refractivity contribution in [2.24, 2.45) is 5.73 Å². The maximum Gasteiger partial charge on any atom is 0.122 e. The molecular formula is C11H17NO2. The Morgan fingerprint density at radius 1 is 1.50 bits per heavy atom. The molecule has 1 unspecified atom stereocenters.